The average Bonchev–Trinajstić information content (AvgIpc) is 3.16. The summed E-state index contributed by atoms with van der Waals surface area (Å²) in [6.07, 6.45) is 2.72. The quantitative estimate of drug-likeness (QED) is 0.577. The van der Waals surface area contributed by atoms with Crippen molar-refractivity contribution in [2.24, 2.45) is 0 Å². The number of rotatable bonds is 8. The molecule has 0 bridgehead atoms. The number of hydrogen-bond acceptors (Lipinski definition) is 5. The Morgan fingerprint density at radius 2 is 1.89 bits per heavy atom. The second kappa shape index (κ2) is 9.39. The number of carbonyl (C=O) groups excluding carboxylic acids is 2. The Labute approximate surface area is 166 Å². The molecule has 0 spiro atoms. The van der Waals surface area contributed by atoms with Gasteiger partial charge in [0.15, 0.2) is 5.78 Å². The van der Waals surface area contributed by atoms with Crippen LogP contribution in [0.1, 0.15) is 28.9 Å². The molecule has 138 valence electrons. The van der Waals surface area contributed by atoms with E-state index in [1.54, 1.807) is 30.5 Å². The fourth-order valence-corrected chi connectivity index (χ4v) is 3.41. The van der Waals surface area contributed by atoms with Gasteiger partial charge in [-0.1, -0.05) is 17.7 Å². The van der Waals surface area contributed by atoms with Crippen molar-refractivity contribution in [1.82, 2.24) is 15.3 Å². The predicted octanol–water partition coefficient (Wildman–Crippen LogP) is 4.18. The normalized spacial score (nSPS) is 10.6. The zero-order chi connectivity index (χ0) is 19.1. The summed E-state index contributed by atoms with van der Waals surface area (Å²) < 4.78 is 0. The molecular formula is C20H18ClN3O2S. The standard InChI is InChI=1S/C20H18ClN3O2S/c21-15-6-4-14(5-7-15)18(25)8-9-19(26)23-12-10-16-13-27-20(24-16)17-3-1-2-11-22-17/h1-7,11,13H,8-10,12H2,(H,23,26). The summed E-state index contributed by atoms with van der Waals surface area (Å²) in [5.41, 5.74) is 2.33. The highest BCUT2D eigenvalue weighted by molar-refractivity contribution is 7.13. The third-order valence-corrected chi connectivity index (χ3v) is 5.05. The van der Waals surface area contributed by atoms with Crippen molar-refractivity contribution in [3.63, 3.8) is 0 Å². The van der Waals surface area contributed by atoms with Crippen molar-refractivity contribution in [2.75, 3.05) is 6.54 Å². The number of pyridine rings is 1. The lowest BCUT2D eigenvalue weighted by Crippen LogP contribution is -2.26. The molecule has 0 saturated carbocycles. The van der Waals surface area contributed by atoms with Crippen LogP contribution in [0, 0.1) is 0 Å². The van der Waals surface area contributed by atoms with E-state index < -0.39 is 0 Å². The number of benzene rings is 1. The van der Waals surface area contributed by atoms with Gasteiger partial charge >= 0.3 is 0 Å². The highest BCUT2D eigenvalue weighted by Crippen LogP contribution is 2.21. The Bertz CT molecular complexity index is 910. The summed E-state index contributed by atoms with van der Waals surface area (Å²) in [4.78, 5) is 32.8. The zero-order valence-corrected chi connectivity index (χ0v) is 16.1. The topological polar surface area (TPSA) is 72.0 Å². The minimum Gasteiger partial charge on any atom is -0.356 e. The van der Waals surface area contributed by atoms with Gasteiger partial charge in [0, 0.05) is 48.0 Å². The first-order chi connectivity index (χ1) is 13.1. The van der Waals surface area contributed by atoms with E-state index in [1.165, 1.54) is 11.3 Å². The molecule has 7 heteroatoms. The zero-order valence-electron chi connectivity index (χ0n) is 14.5. The van der Waals surface area contributed by atoms with Crippen molar-refractivity contribution in [3.05, 3.63) is 70.3 Å². The Hall–Kier alpha value is -2.57. The van der Waals surface area contributed by atoms with Gasteiger partial charge in [-0.2, -0.15) is 0 Å². The van der Waals surface area contributed by atoms with Crippen LogP contribution >= 0.6 is 22.9 Å². The van der Waals surface area contributed by atoms with Crippen molar-refractivity contribution in [1.29, 1.82) is 0 Å². The molecule has 0 atom stereocenters. The van der Waals surface area contributed by atoms with Crippen molar-refractivity contribution < 1.29 is 9.59 Å². The maximum Gasteiger partial charge on any atom is 0.220 e. The molecule has 5 nitrogen and oxygen atoms in total. The van der Waals surface area contributed by atoms with Crippen LogP contribution in [0.3, 0.4) is 0 Å². The van der Waals surface area contributed by atoms with E-state index in [9.17, 15) is 9.59 Å². The molecule has 0 radical (unpaired) electrons. The van der Waals surface area contributed by atoms with Gasteiger partial charge < -0.3 is 5.32 Å². The molecule has 0 aliphatic heterocycles. The lowest BCUT2D eigenvalue weighted by molar-refractivity contribution is -0.121. The fourth-order valence-electron chi connectivity index (χ4n) is 2.45. The predicted molar refractivity (Wildman–Crippen MR) is 107 cm³/mol. The summed E-state index contributed by atoms with van der Waals surface area (Å²) in [6.45, 7) is 0.485. The monoisotopic (exact) mass is 399 g/mol. The molecule has 0 unspecified atom stereocenters. The molecule has 0 fully saturated rings. The molecule has 3 aromatic rings. The van der Waals surface area contributed by atoms with Crippen LogP contribution in [-0.4, -0.2) is 28.2 Å². The van der Waals surface area contributed by atoms with E-state index in [4.69, 9.17) is 11.6 Å². The van der Waals surface area contributed by atoms with Gasteiger partial charge in [0.05, 0.1) is 11.4 Å². The van der Waals surface area contributed by atoms with Crippen LogP contribution in [-0.2, 0) is 11.2 Å². The lowest BCUT2D eigenvalue weighted by atomic mass is 10.1. The number of hydrogen-bond donors (Lipinski definition) is 1. The number of nitrogens with one attached hydrogen (secondary N) is 1. The Kier molecular flexibility index (Phi) is 6.68. The molecule has 0 saturated heterocycles. The first kappa shape index (κ1) is 19.2. The van der Waals surface area contributed by atoms with Crippen LogP contribution in [0.2, 0.25) is 5.02 Å². The van der Waals surface area contributed by atoms with Crippen LogP contribution in [0.25, 0.3) is 10.7 Å². The molecule has 2 aromatic heterocycles. The molecule has 1 N–H and O–H groups in total. The summed E-state index contributed by atoms with van der Waals surface area (Å²) >= 11 is 7.34. The molecule has 2 heterocycles. The highest BCUT2D eigenvalue weighted by atomic mass is 35.5. The fraction of sp³-hybridized carbons (Fsp3) is 0.200. The van der Waals surface area contributed by atoms with Crippen LogP contribution < -0.4 is 5.32 Å². The van der Waals surface area contributed by atoms with Crippen molar-refractivity contribution in [2.45, 2.75) is 19.3 Å². The van der Waals surface area contributed by atoms with Crippen LogP contribution in [0.4, 0.5) is 0 Å². The Balaban J connectivity index is 1.40. The Morgan fingerprint density at radius 1 is 1.07 bits per heavy atom. The van der Waals surface area contributed by atoms with Gasteiger partial charge in [-0.15, -0.1) is 11.3 Å². The number of ketones is 1. The second-order valence-corrected chi connectivity index (χ2v) is 7.18. The van der Waals surface area contributed by atoms with E-state index in [0.29, 0.717) is 23.6 Å². The van der Waals surface area contributed by atoms with E-state index in [0.717, 1.165) is 16.4 Å². The molecule has 3 rings (SSSR count). The third-order valence-electron chi connectivity index (χ3n) is 3.88. The summed E-state index contributed by atoms with van der Waals surface area (Å²) in [6, 6.07) is 12.4. The molecule has 0 aliphatic carbocycles. The van der Waals surface area contributed by atoms with Crippen molar-refractivity contribution >= 4 is 34.6 Å². The molecule has 1 aromatic carbocycles. The number of nitrogens with zero attached hydrogens (tertiary/aromatic N) is 2. The maximum atomic E-state index is 12.1. The van der Waals surface area contributed by atoms with Crippen molar-refractivity contribution in [3.8, 4) is 10.7 Å². The number of thiazole rings is 1. The van der Waals surface area contributed by atoms with Gasteiger partial charge in [0.1, 0.15) is 5.01 Å². The Morgan fingerprint density at radius 3 is 2.63 bits per heavy atom. The van der Waals surface area contributed by atoms with E-state index in [-0.39, 0.29) is 24.5 Å². The summed E-state index contributed by atoms with van der Waals surface area (Å²) in [5, 5.41) is 6.25. The number of carbonyl (C=O) groups is 2. The summed E-state index contributed by atoms with van der Waals surface area (Å²) in [7, 11) is 0. The van der Waals surface area contributed by atoms with Crippen LogP contribution in [0.15, 0.2) is 54.0 Å². The van der Waals surface area contributed by atoms with Gasteiger partial charge in [0.25, 0.3) is 0 Å². The third kappa shape index (κ3) is 5.70. The minimum absolute atomic E-state index is 0.0682. The van der Waals surface area contributed by atoms with E-state index in [1.807, 2.05) is 23.6 Å². The van der Waals surface area contributed by atoms with Gasteiger partial charge in [-0.25, -0.2) is 4.98 Å². The number of amides is 1. The lowest BCUT2D eigenvalue weighted by Gasteiger charge is -2.04. The van der Waals surface area contributed by atoms with E-state index >= 15 is 0 Å². The first-order valence-electron chi connectivity index (χ1n) is 8.53. The van der Waals surface area contributed by atoms with Crippen LogP contribution in [0.5, 0.6) is 0 Å². The minimum atomic E-state index is -0.141. The molecule has 0 aliphatic rings. The molecule has 1 amide bonds. The largest absolute Gasteiger partial charge is 0.356 e. The first-order valence-corrected chi connectivity index (χ1v) is 9.79. The second-order valence-electron chi connectivity index (χ2n) is 5.89. The molecular weight excluding hydrogens is 382 g/mol. The van der Waals surface area contributed by atoms with Gasteiger partial charge in [0.2, 0.25) is 5.91 Å². The number of Topliss-reactive ketones (excluding diaryl/α,β-unsaturated/α-hetero) is 1. The number of aromatic nitrogens is 2. The smallest absolute Gasteiger partial charge is 0.220 e. The van der Waals surface area contributed by atoms with Gasteiger partial charge in [-0.3, -0.25) is 14.6 Å². The van der Waals surface area contributed by atoms with Gasteiger partial charge in [-0.05, 0) is 36.4 Å². The highest BCUT2D eigenvalue weighted by Gasteiger charge is 2.10. The molecule has 27 heavy (non-hydrogen) atoms. The average molecular weight is 400 g/mol. The SMILES string of the molecule is O=C(CCC(=O)c1ccc(Cl)cc1)NCCc1csc(-c2ccccn2)n1. The summed E-state index contributed by atoms with van der Waals surface area (Å²) in [5.74, 6) is -0.209. The van der Waals surface area contributed by atoms with E-state index in [2.05, 4.69) is 15.3 Å². The maximum absolute atomic E-state index is 12.1. The number of halogens is 1.